The first-order valence-electron chi connectivity index (χ1n) is 6.56. The monoisotopic (exact) mass is 305 g/mol. The molecule has 0 amide bonds. The molecule has 0 atom stereocenters. The molecule has 0 saturated carbocycles. The number of nitrogen functional groups attached to an aromatic ring is 1. The van der Waals surface area contributed by atoms with E-state index in [4.69, 9.17) is 10.5 Å². The van der Waals surface area contributed by atoms with Gasteiger partial charge in [0.2, 0.25) is 5.69 Å². The van der Waals surface area contributed by atoms with Gasteiger partial charge in [-0.2, -0.15) is 0 Å². The van der Waals surface area contributed by atoms with E-state index in [0.717, 1.165) is 4.68 Å². The number of rotatable bonds is 2. The van der Waals surface area contributed by atoms with Crippen LogP contribution in [0.1, 0.15) is 20.8 Å². The molecular formula is C14H17N4O4+. The maximum Gasteiger partial charge on any atom is 0.470 e. The number of hydrogen-bond donors (Lipinski definition) is 1. The third-order valence-electron chi connectivity index (χ3n) is 2.75. The van der Waals surface area contributed by atoms with Crippen molar-refractivity contribution in [1.29, 1.82) is 0 Å². The minimum Gasteiger partial charge on any atom is -0.440 e. The van der Waals surface area contributed by atoms with Gasteiger partial charge in [-0.3, -0.25) is 10.1 Å². The van der Waals surface area contributed by atoms with Gasteiger partial charge < -0.3 is 10.5 Å². The third kappa shape index (κ3) is 3.40. The standard InChI is InChI=1S/C14H16N4O4/c1-14(2,3)22-13(19)17-12(15)8-11(16-17)9-4-6-10(7-5-9)18(20)21/h4-8H,15H2,1-3H3/p+1. The first-order chi connectivity index (χ1) is 10.2. The SMILES string of the molecule is CC(C)(C)OC(=O)n1[nH+]c(-c2ccc([N+](=O)[O-])cc2)cc1N. The van der Waals surface area contributed by atoms with E-state index in [1.807, 2.05) is 0 Å². The first kappa shape index (κ1) is 15.5. The Balaban J connectivity index is 2.29. The minimum absolute atomic E-state index is 0.0108. The predicted molar refractivity (Wildman–Crippen MR) is 79.1 cm³/mol. The summed E-state index contributed by atoms with van der Waals surface area (Å²) in [5.74, 6) is 0.183. The van der Waals surface area contributed by atoms with E-state index >= 15 is 0 Å². The van der Waals surface area contributed by atoms with Gasteiger partial charge in [-0.15, -0.1) is 5.10 Å². The number of aromatic amines is 1. The lowest BCUT2D eigenvalue weighted by atomic mass is 10.1. The molecule has 0 aliphatic carbocycles. The number of hydrogen-bond acceptors (Lipinski definition) is 5. The number of nitro groups is 1. The molecule has 22 heavy (non-hydrogen) atoms. The van der Waals surface area contributed by atoms with Crippen molar-refractivity contribution in [2.24, 2.45) is 0 Å². The number of H-pyrrole nitrogens is 1. The molecule has 2 aromatic rings. The molecule has 0 radical (unpaired) electrons. The summed E-state index contributed by atoms with van der Waals surface area (Å²) in [6, 6.07) is 7.46. The molecule has 1 aromatic carbocycles. The van der Waals surface area contributed by atoms with Crippen LogP contribution in [-0.4, -0.2) is 21.3 Å². The Kier molecular flexibility index (Phi) is 3.85. The average molecular weight is 305 g/mol. The Morgan fingerprint density at radius 3 is 2.41 bits per heavy atom. The normalized spacial score (nSPS) is 11.2. The highest BCUT2D eigenvalue weighted by molar-refractivity contribution is 5.74. The molecule has 0 saturated heterocycles. The summed E-state index contributed by atoms with van der Waals surface area (Å²) in [6.45, 7) is 5.26. The van der Waals surface area contributed by atoms with Gasteiger partial charge in [-0.05, 0) is 37.6 Å². The number of benzene rings is 1. The van der Waals surface area contributed by atoms with E-state index in [-0.39, 0.29) is 11.5 Å². The molecule has 0 unspecified atom stereocenters. The van der Waals surface area contributed by atoms with Gasteiger partial charge in [-0.25, -0.2) is 4.79 Å². The predicted octanol–water partition coefficient (Wildman–Crippen LogP) is 2.24. The zero-order valence-electron chi connectivity index (χ0n) is 12.5. The van der Waals surface area contributed by atoms with Crippen LogP contribution in [0.4, 0.5) is 16.3 Å². The summed E-state index contributed by atoms with van der Waals surface area (Å²) in [6.07, 6.45) is -0.627. The third-order valence-corrected chi connectivity index (χ3v) is 2.75. The Hall–Kier alpha value is -2.90. The van der Waals surface area contributed by atoms with Crippen LogP contribution in [0.5, 0.6) is 0 Å². The van der Waals surface area contributed by atoms with Crippen molar-refractivity contribution in [3.05, 3.63) is 40.4 Å². The van der Waals surface area contributed by atoms with Crippen molar-refractivity contribution in [3.63, 3.8) is 0 Å². The molecule has 8 nitrogen and oxygen atoms in total. The van der Waals surface area contributed by atoms with Crippen molar-refractivity contribution in [1.82, 2.24) is 4.68 Å². The van der Waals surface area contributed by atoms with E-state index in [9.17, 15) is 14.9 Å². The summed E-state index contributed by atoms with van der Waals surface area (Å²) in [4.78, 5) is 22.2. The molecule has 1 heterocycles. The van der Waals surface area contributed by atoms with Gasteiger partial charge in [0, 0.05) is 17.7 Å². The molecule has 0 aliphatic heterocycles. The van der Waals surface area contributed by atoms with Crippen LogP contribution in [0.3, 0.4) is 0 Å². The van der Waals surface area contributed by atoms with Crippen molar-refractivity contribution in [3.8, 4) is 11.3 Å². The van der Waals surface area contributed by atoms with Gasteiger partial charge >= 0.3 is 6.09 Å². The van der Waals surface area contributed by atoms with Gasteiger partial charge in [0.1, 0.15) is 5.60 Å². The molecular weight excluding hydrogens is 288 g/mol. The highest BCUT2D eigenvalue weighted by atomic mass is 16.6. The lowest BCUT2D eigenvalue weighted by Crippen LogP contribution is -2.34. The molecule has 2 rings (SSSR count). The fourth-order valence-electron chi connectivity index (χ4n) is 1.80. The second kappa shape index (κ2) is 5.47. The van der Waals surface area contributed by atoms with Gasteiger partial charge in [-0.1, -0.05) is 0 Å². The number of anilines is 1. The molecule has 3 N–H and O–H groups in total. The van der Waals surface area contributed by atoms with Crippen LogP contribution in [-0.2, 0) is 4.74 Å². The number of nitrogens with one attached hydrogen (secondary N) is 1. The molecule has 0 spiro atoms. The van der Waals surface area contributed by atoms with Crippen LogP contribution < -0.4 is 10.8 Å². The summed E-state index contributed by atoms with van der Waals surface area (Å²) >= 11 is 0. The van der Waals surface area contributed by atoms with E-state index in [1.54, 1.807) is 39.0 Å². The number of carbonyl (C=O) groups excluding carboxylic acids is 1. The Bertz CT molecular complexity index is 713. The fourth-order valence-corrected chi connectivity index (χ4v) is 1.80. The molecule has 0 fully saturated rings. The average Bonchev–Trinajstić information content (AvgIpc) is 2.79. The zero-order chi connectivity index (χ0) is 16.5. The van der Waals surface area contributed by atoms with Crippen LogP contribution in [0.15, 0.2) is 30.3 Å². The Morgan fingerprint density at radius 1 is 1.32 bits per heavy atom. The molecule has 0 aliphatic rings. The highest BCUT2D eigenvalue weighted by Crippen LogP contribution is 2.21. The van der Waals surface area contributed by atoms with Crippen molar-refractivity contribution >= 4 is 17.6 Å². The van der Waals surface area contributed by atoms with Crippen molar-refractivity contribution in [2.45, 2.75) is 26.4 Å². The molecule has 1 aromatic heterocycles. The van der Waals surface area contributed by atoms with Crippen molar-refractivity contribution in [2.75, 3.05) is 5.73 Å². The van der Waals surface area contributed by atoms with E-state index in [2.05, 4.69) is 5.10 Å². The largest absolute Gasteiger partial charge is 0.470 e. The Labute approximate surface area is 126 Å². The molecule has 8 heteroatoms. The van der Waals surface area contributed by atoms with Crippen LogP contribution in [0.25, 0.3) is 11.3 Å². The van der Waals surface area contributed by atoms with Crippen LogP contribution >= 0.6 is 0 Å². The number of aromatic nitrogens is 2. The summed E-state index contributed by atoms with van der Waals surface area (Å²) < 4.78 is 6.31. The fraction of sp³-hybridized carbons (Fsp3) is 0.286. The topological polar surface area (TPSA) is 115 Å². The Morgan fingerprint density at radius 2 is 1.91 bits per heavy atom. The van der Waals surface area contributed by atoms with Gasteiger partial charge in [0.25, 0.3) is 5.69 Å². The summed E-state index contributed by atoms with van der Waals surface area (Å²) in [7, 11) is 0. The summed E-state index contributed by atoms with van der Waals surface area (Å²) in [5.41, 5.74) is 6.36. The van der Waals surface area contributed by atoms with E-state index < -0.39 is 16.6 Å². The molecule has 0 bridgehead atoms. The second-order valence-electron chi connectivity index (χ2n) is 5.71. The van der Waals surface area contributed by atoms with E-state index in [0.29, 0.717) is 11.3 Å². The lowest BCUT2D eigenvalue weighted by molar-refractivity contribution is -0.461. The number of nitrogens with two attached hydrogens (primary N) is 1. The smallest absolute Gasteiger partial charge is 0.440 e. The number of ether oxygens (including phenoxy) is 1. The first-order valence-corrected chi connectivity index (χ1v) is 6.56. The van der Waals surface area contributed by atoms with E-state index in [1.165, 1.54) is 12.1 Å². The van der Waals surface area contributed by atoms with Crippen LogP contribution in [0, 0.1) is 10.1 Å². The number of carbonyl (C=O) groups is 1. The van der Waals surface area contributed by atoms with Gasteiger partial charge in [0.05, 0.1) is 11.0 Å². The lowest BCUT2D eigenvalue weighted by Gasteiger charge is -2.17. The number of nitrogens with zero attached hydrogens (tertiary/aromatic N) is 2. The van der Waals surface area contributed by atoms with Gasteiger partial charge in [0.15, 0.2) is 5.82 Å². The quantitative estimate of drug-likeness (QED) is 0.675. The maximum absolute atomic E-state index is 12.0. The number of non-ortho nitro benzene ring substituents is 1. The molecule has 116 valence electrons. The number of nitro benzene ring substituents is 1. The maximum atomic E-state index is 12.0. The second-order valence-corrected chi connectivity index (χ2v) is 5.71. The zero-order valence-corrected chi connectivity index (χ0v) is 12.5. The minimum atomic E-state index is -0.644. The van der Waals surface area contributed by atoms with Crippen LogP contribution in [0.2, 0.25) is 0 Å². The van der Waals surface area contributed by atoms with Crippen molar-refractivity contribution < 1.29 is 19.6 Å². The highest BCUT2D eigenvalue weighted by Gasteiger charge is 2.25. The summed E-state index contributed by atoms with van der Waals surface area (Å²) in [5, 5.41) is 13.5.